The number of carbonyl (C=O) groups excluding carboxylic acids is 1. The molecule has 1 unspecified atom stereocenters. The van der Waals surface area contributed by atoms with Gasteiger partial charge in [-0.15, -0.1) is 0 Å². The summed E-state index contributed by atoms with van der Waals surface area (Å²) in [5.74, 6) is 1.43. The molecule has 2 aliphatic rings. The van der Waals surface area contributed by atoms with Gasteiger partial charge in [0.15, 0.2) is 11.5 Å². The molecular weight excluding hydrogens is 360 g/mol. The number of hydrogen-bond acceptors (Lipinski definition) is 4. The van der Waals surface area contributed by atoms with Crippen molar-refractivity contribution < 1.29 is 18.7 Å². The Morgan fingerprint density at radius 2 is 1.88 bits per heavy atom. The van der Waals surface area contributed by atoms with E-state index in [0.717, 1.165) is 24.3 Å². The van der Waals surface area contributed by atoms with Crippen molar-refractivity contribution in [2.75, 3.05) is 27.3 Å². The third kappa shape index (κ3) is 4.44. The summed E-state index contributed by atoms with van der Waals surface area (Å²) in [7, 11) is 3.25. The smallest absolute Gasteiger partial charge is 0.161 e. The molecule has 0 aromatic heterocycles. The van der Waals surface area contributed by atoms with Gasteiger partial charge in [0, 0.05) is 31.5 Å². The number of methoxy groups -OCH3 is 2. The Balaban J connectivity index is 0.00000156. The van der Waals surface area contributed by atoms with E-state index in [1.165, 1.54) is 12.5 Å². The Morgan fingerprint density at radius 1 is 1.24 bits per heavy atom. The highest BCUT2D eigenvalue weighted by Crippen LogP contribution is 2.42. The van der Waals surface area contributed by atoms with Gasteiger partial charge >= 0.3 is 0 Å². The van der Waals surface area contributed by atoms with Gasteiger partial charge in [0.05, 0.1) is 20.4 Å². The van der Waals surface area contributed by atoms with Gasteiger partial charge in [-0.05, 0) is 43.0 Å². The van der Waals surface area contributed by atoms with Crippen molar-refractivity contribution >= 4 is 32.8 Å². The summed E-state index contributed by atoms with van der Waals surface area (Å²) < 4.78 is 24.1. The Labute approximate surface area is 162 Å². The lowest BCUT2D eigenvalue weighted by Crippen LogP contribution is -2.46. The van der Waals surface area contributed by atoms with E-state index in [1.807, 2.05) is 12.1 Å². The molecule has 25 heavy (non-hydrogen) atoms. The molecule has 4 nitrogen and oxygen atoms in total. The van der Waals surface area contributed by atoms with Gasteiger partial charge in [-0.25, -0.2) is 4.39 Å². The van der Waals surface area contributed by atoms with Crippen LogP contribution in [0.5, 0.6) is 11.5 Å². The topological polar surface area (TPSA) is 38.8 Å². The number of ether oxygens (including phenoxy) is 2. The number of piperidine rings is 1. The molecule has 1 aromatic carbocycles. The standard InChI is InChI=1S/C18H24FNO3.2H2S/c1-11(19)6-13-10-20-5-4-12-7-17(22-2)18(23-3)8-14(12)15(20)9-16(13)21;;/h7-8,11,13,15H,4-6,9-10H2,1-3H3;2*1H2/t11?,13-,15-;;/m0../s1/i19-1;;. The molecule has 3 rings (SSSR count). The minimum absolute atomic E-state index is 0. The molecule has 0 radical (unpaired) electrons. The van der Waals surface area contributed by atoms with Crippen molar-refractivity contribution in [1.82, 2.24) is 4.90 Å². The molecule has 0 spiro atoms. The number of hydrogen-bond donors (Lipinski definition) is 0. The third-order valence-electron chi connectivity index (χ3n) is 5.03. The fourth-order valence-electron chi connectivity index (χ4n) is 3.88. The lowest BCUT2D eigenvalue weighted by atomic mass is 9.81. The van der Waals surface area contributed by atoms with Gasteiger partial charge in [-0.1, -0.05) is 0 Å². The van der Waals surface area contributed by atoms with E-state index in [0.29, 0.717) is 25.1 Å². The minimum Gasteiger partial charge on any atom is -0.493 e. The molecule has 0 bridgehead atoms. The molecule has 0 aliphatic carbocycles. The highest BCUT2D eigenvalue weighted by atomic mass is 32.1. The lowest BCUT2D eigenvalue weighted by Gasteiger charge is -2.43. The van der Waals surface area contributed by atoms with E-state index in [-0.39, 0.29) is 44.7 Å². The number of benzene rings is 1. The molecule has 2 aliphatic heterocycles. The molecule has 3 atom stereocenters. The number of alkyl halides is 1. The monoisotopic (exact) mass is 388 g/mol. The molecule has 142 valence electrons. The zero-order valence-corrected chi connectivity index (χ0v) is 17.0. The molecule has 2 heterocycles. The van der Waals surface area contributed by atoms with Gasteiger partial charge in [0.25, 0.3) is 0 Å². The van der Waals surface area contributed by atoms with Crippen LogP contribution in [0.25, 0.3) is 0 Å². The summed E-state index contributed by atoms with van der Waals surface area (Å²) in [5, 5.41) is 0. The Morgan fingerprint density at radius 3 is 2.48 bits per heavy atom. The predicted octanol–water partition coefficient (Wildman–Crippen LogP) is 3.17. The summed E-state index contributed by atoms with van der Waals surface area (Å²) >= 11 is 0. The lowest BCUT2D eigenvalue weighted by molar-refractivity contribution is -0.129. The second-order valence-corrected chi connectivity index (χ2v) is 6.55. The van der Waals surface area contributed by atoms with Crippen molar-refractivity contribution in [1.29, 1.82) is 0 Å². The van der Waals surface area contributed by atoms with Crippen LogP contribution in [0.2, 0.25) is 0 Å². The molecule has 0 saturated carbocycles. The molecule has 0 N–H and O–H groups in total. The first kappa shape index (κ1) is 22.1. The number of halogens is 1. The molecule has 1 aromatic rings. The van der Waals surface area contributed by atoms with Crippen LogP contribution in [0.4, 0.5) is 4.39 Å². The molecular formula is C18H28FNO3S2. The fourth-order valence-corrected chi connectivity index (χ4v) is 3.88. The first-order valence-corrected chi connectivity index (χ1v) is 8.19. The number of nitrogens with zero attached hydrogens (tertiary/aromatic N) is 1. The summed E-state index contributed by atoms with van der Waals surface area (Å²) in [6.07, 6.45) is 0.779. The maximum absolute atomic E-state index is 13.3. The van der Waals surface area contributed by atoms with Crippen LogP contribution >= 0.6 is 27.0 Å². The normalized spacial score (nSPS) is 23.4. The second-order valence-electron chi connectivity index (χ2n) is 6.55. The van der Waals surface area contributed by atoms with E-state index < -0.39 is 6.17 Å². The zero-order valence-electron chi connectivity index (χ0n) is 15.0. The van der Waals surface area contributed by atoms with Crippen molar-refractivity contribution in [3.8, 4) is 11.5 Å². The summed E-state index contributed by atoms with van der Waals surface area (Å²) in [6, 6.07) is 4.10. The van der Waals surface area contributed by atoms with Gasteiger partial charge in [0.1, 0.15) is 5.78 Å². The quantitative estimate of drug-likeness (QED) is 0.794. The van der Waals surface area contributed by atoms with E-state index in [1.54, 1.807) is 14.2 Å². The SMILES string of the molecule is COc1cc2c(cc1OC)[C@@H]1CC(=O)[C@@H](CC(C)[18F])CN1CC2.S.S. The number of ketones is 1. The first-order valence-electron chi connectivity index (χ1n) is 8.19. The van der Waals surface area contributed by atoms with Crippen LogP contribution in [-0.4, -0.2) is 44.2 Å². The average molecular weight is 389 g/mol. The Hall–Kier alpha value is -0.920. The van der Waals surface area contributed by atoms with Crippen molar-refractivity contribution in [3.05, 3.63) is 23.3 Å². The van der Waals surface area contributed by atoms with Crippen molar-refractivity contribution in [2.45, 2.75) is 38.4 Å². The molecule has 1 saturated heterocycles. The zero-order chi connectivity index (χ0) is 16.6. The van der Waals surface area contributed by atoms with E-state index >= 15 is 0 Å². The molecule has 7 heteroatoms. The molecule has 0 amide bonds. The van der Waals surface area contributed by atoms with Crippen LogP contribution in [0.15, 0.2) is 12.1 Å². The van der Waals surface area contributed by atoms with E-state index in [4.69, 9.17) is 9.47 Å². The van der Waals surface area contributed by atoms with Crippen LogP contribution in [-0.2, 0) is 11.2 Å². The van der Waals surface area contributed by atoms with E-state index in [2.05, 4.69) is 4.90 Å². The maximum atomic E-state index is 13.3. The van der Waals surface area contributed by atoms with Crippen molar-refractivity contribution in [2.24, 2.45) is 5.92 Å². The summed E-state index contributed by atoms with van der Waals surface area (Å²) in [6.45, 7) is 3.09. The largest absolute Gasteiger partial charge is 0.493 e. The maximum Gasteiger partial charge on any atom is 0.161 e. The third-order valence-corrected chi connectivity index (χ3v) is 5.03. The van der Waals surface area contributed by atoms with Crippen LogP contribution in [0.3, 0.4) is 0 Å². The number of carbonyl (C=O) groups is 1. The molecule has 1 fully saturated rings. The first-order chi connectivity index (χ1) is 11.0. The van der Waals surface area contributed by atoms with Crippen LogP contribution in [0, 0.1) is 5.92 Å². The highest BCUT2D eigenvalue weighted by Gasteiger charge is 2.38. The van der Waals surface area contributed by atoms with E-state index in [9.17, 15) is 9.18 Å². The second kappa shape index (κ2) is 9.14. The predicted molar refractivity (Wildman–Crippen MR) is 107 cm³/mol. The average Bonchev–Trinajstić information content (AvgIpc) is 2.53. The minimum atomic E-state index is -0.929. The Kier molecular flexibility index (Phi) is 8.09. The van der Waals surface area contributed by atoms with Gasteiger partial charge in [-0.2, -0.15) is 27.0 Å². The van der Waals surface area contributed by atoms with Gasteiger partial charge in [-0.3, -0.25) is 9.69 Å². The number of rotatable bonds is 4. The fraction of sp³-hybridized carbons (Fsp3) is 0.611. The highest BCUT2D eigenvalue weighted by molar-refractivity contribution is 7.59. The van der Waals surface area contributed by atoms with Gasteiger partial charge in [0.2, 0.25) is 0 Å². The van der Waals surface area contributed by atoms with Crippen LogP contribution in [0.1, 0.15) is 36.9 Å². The summed E-state index contributed by atoms with van der Waals surface area (Å²) in [4.78, 5) is 14.7. The number of Topliss-reactive ketones (excluding diaryl/α,β-unsaturated/α-hetero) is 1. The Bertz CT molecular complexity index is 612. The van der Waals surface area contributed by atoms with Crippen LogP contribution < -0.4 is 9.47 Å². The van der Waals surface area contributed by atoms with Gasteiger partial charge < -0.3 is 9.47 Å². The van der Waals surface area contributed by atoms with Crippen molar-refractivity contribution in [3.63, 3.8) is 0 Å². The summed E-state index contributed by atoms with van der Waals surface area (Å²) in [5.41, 5.74) is 2.36. The number of fused-ring (bicyclic) bond motifs is 3.